The van der Waals surface area contributed by atoms with Crippen molar-refractivity contribution in [2.75, 3.05) is 0 Å². The second-order valence-electron chi connectivity index (χ2n) is 6.33. The normalized spacial score (nSPS) is 15.5. The minimum Gasteiger partial charge on any atom is -0.457 e. The molecule has 0 saturated heterocycles. The first kappa shape index (κ1) is 16.5. The molecule has 1 saturated carbocycles. The zero-order valence-electron chi connectivity index (χ0n) is 12.8. The molecular weight excluding hydrogens is 306 g/mol. The molecule has 1 fully saturated rings. The molecule has 0 spiro atoms. The standard InChI is InChI=1S/C16H18ClNO4/c1-16(2,3)22-15(19)9-12(10-4-5-10)11-6-7-13(17)14(8-11)18(20)21/h6-10H,4-5H2,1-3H3. The van der Waals surface area contributed by atoms with Crippen LogP contribution in [-0.2, 0) is 9.53 Å². The van der Waals surface area contributed by atoms with Crippen LogP contribution in [-0.4, -0.2) is 16.5 Å². The van der Waals surface area contributed by atoms with Gasteiger partial charge in [0.25, 0.3) is 5.69 Å². The number of hydrogen-bond acceptors (Lipinski definition) is 4. The van der Waals surface area contributed by atoms with E-state index in [4.69, 9.17) is 16.3 Å². The van der Waals surface area contributed by atoms with Gasteiger partial charge in [0.15, 0.2) is 0 Å². The van der Waals surface area contributed by atoms with Crippen LogP contribution in [0.1, 0.15) is 39.2 Å². The molecule has 6 heteroatoms. The average molecular weight is 324 g/mol. The van der Waals surface area contributed by atoms with Crippen molar-refractivity contribution < 1.29 is 14.5 Å². The molecular formula is C16H18ClNO4. The molecule has 0 amide bonds. The monoisotopic (exact) mass is 323 g/mol. The Labute approximate surface area is 134 Å². The smallest absolute Gasteiger partial charge is 0.331 e. The second kappa shape index (κ2) is 6.08. The first-order chi connectivity index (χ1) is 10.2. The van der Waals surface area contributed by atoms with Gasteiger partial charge in [0.1, 0.15) is 10.6 Å². The van der Waals surface area contributed by atoms with Gasteiger partial charge in [0.2, 0.25) is 0 Å². The van der Waals surface area contributed by atoms with Crippen molar-refractivity contribution >= 4 is 28.8 Å². The Morgan fingerprint density at radius 1 is 1.41 bits per heavy atom. The molecule has 5 nitrogen and oxygen atoms in total. The van der Waals surface area contributed by atoms with E-state index in [1.807, 2.05) is 0 Å². The number of nitro groups is 1. The summed E-state index contributed by atoms with van der Waals surface area (Å²) in [6.07, 6.45) is 3.37. The fourth-order valence-corrected chi connectivity index (χ4v) is 2.31. The third kappa shape index (κ3) is 4.31. The third-order valence-corrected chi connectivity index (χ3v) is 3.49. The van der Waals surface area contributed by atoms with E-state index in [0.29, 0.717) is 5.56 Å². The average Bonchev–Trinajstić information content (AvgIpc) is 3.18. The molecule has 0 aliphatic heterocycles. The molecule has 22 heavy (non-hydrogen) atoms. The van der Waals surface area contributed by atoms with Crippen molar-refractivity contribution in [3.63, 3.8) is 0 Å². The molecule has 1 aliphatic carbocycles. The summed E-state index contributed by atoms with van der Waals surface area (Å²) in [7, 11) is 0. The van der Waals surface area contributed by atoms with Gasteiger partial charge in [-0.15, -0.1) is 0 Å². The molecule has 0 bridgehead atoms. The quantitative estimate of drug-likeness (QED) is 0.357. The van der Waals surface area contributed by atoms with Gasteiger partial charge in [-0.25, -0.2) is 4.79 Å². The Morgan fingerprint density at radius 3 is 2.55 bits per heavy atom. The molecule has 1 aromatic rings. The number of ether oxygens (including phenoxy) is 1. The fourth-order valence-electron chi connectivity index (χ4n) is 2.12. The van der Waals surface area contributed by atoms with Crippen LogP contribution in [0.15, 0.2) is 24.3 Å². The zero-order chi connectivity index (χ0) is 16.5. The molecule has 1 aliphatic rings. The summed E-state index contributed by atoms with van der Waals surface area (Å²) < 4.78 is 5.29. The number of rotatable bonds is 4. The van der Waals surface area contributed by atoms with E-state index in [9.17, 15) is 14.9 Å². The van der Waals surface area contributed by atoms with Crippen LogP contribution in [0, 0.1) is 16.0 Å². The van der Waals surface area contributed by atoms with E-state index in [2.05, 4.69) is 0 Å². The Kier molecular flexibility index (Phi) is 4.56. The van der Waals surface area contributed by atoms with Gasteiger partial charge in [-0.05, 0) is 56.7 Å². The van der Waals surface area contributed by atoms with Crippen molar-refractivity contribution in [2.24, 2.45) is 5.92 Å². The lowest BCUT2D eigenvalue weighted by Gasteiger charge is -2.18. The zero-order valence-corrected chi connectivity index (χ0v) is 13.5. The Morgan fingerprint density at radius 2 is 2.05 bits per heavy atom. The van der Waals surface area contributed by atoms with Gasteiger partial charge in [-0.1, -0.05) is 17.7 Å². The van der Waals surface area contributed by atoms with E-state index < -0.39 is 16.5 Å². The highest BCUT2D eigenvalue weighted by atomic mass is 35.5. The van der Waals surface area contributed by atoms with Crippen LogP contribution in [0.5, 0.6) is 0 Å². The highest BCUT2D eigenvalue weighted by Crippen LogP contribution is 2.43. The maximum Gasteiger partial charge on any atom is 0.331 e. The van der Waals surface area contributed by atoms with Crippen LogP contribution in [0.3, 0.4) is 0 Å². The van der Waals surface area contributed by atoms with Crippen molar-refractivity contribution in [2.45, 2.75) is 39.2 Å². The minimum atomic E-state index is -0.575. The lowest BCUT2D eigenvalue weighted by Crippen LogP contribution is -2.22. The summed E-state index contributed by atoms with van der Waals surface area (Å²) in [5.74, 6) is -0.194. The van der Waals surface area contributed by atoms with Gasteiger partial charge in [0, 0.05) is 12.1 Å². The number of esters is 1. The number of halogens is 1. The van der Waals surface area contributed by atoms with Gasteiger partial charge < -0.3 is 4.74 Å². The summed E-state index contributed by atoms with van der Waals surface area (Å²) in [6.45, 7) is 5.38. The highest BCUT2D eigenvalue weighted by molar-refractivity contribution is 6.32. The molecule has 1 aromatic carbocycles. The molecule has 0 atom stereocenters. The Bertz CT molecular complexity index is 642. The van der Waals surface area contributed by atoms with Crippen LogP contribution in [0.25, 0.3) is 5.57 Å². The number of benzene rings is 1. The van der Waals surface area contributed by atoms with Crippen LogP contribution >= 0.6 is 11.6 Å². The number of nitro benzene ring substituents is 1. The van der Waals surface area contributed by atoms with Gasteiger partial charge in [0.05, 0.1) is 4.92 Å². The first-order valence-corrected chi connectivity index (χ1v) is 7.44. The summed E-state index contributed by atoms with van der Waals surface area (Å²) in [5, 5.41) is 11.1. The van der Waals surface area contributed by atoms with E-state index >= 15 is 0 Å². The molecule has 0 N–H and O–H groups in total. The number of carbonyl (C=O) groups is 1. The lowest BCUT2D eigenvalue weighted by atomic mass is 10.0. The topological polar surface area (TPSA) is 69.4 Å². The maximum atomic E-state index is 12.0. The number of nitrogens with zero attached hydrogens (tertiary/aromatic N) is 1. The van der Waals surface area contributed by atoms with Crippen LogP contribution < -0.4 is 0 Å². The number of hydrogen-bond donors (Lipinski definition) is 0. The maximum absolute atomic E-state index is 12.0. The predicted molar refractivity (Wildman–Crippen MR) is 84.7 cm³/mol. The lowest BCUT2D eigenvalue weighted by molar-refractivity contribution is -0.384. The third-order valence-electron chi connectivity index (χ3n) is 3.17. The Balaban J connectivity index is 2.35. The molecule has 0 aromatic heterocycles. The number of carbonyl (C=O) groups excluding carboxylic acids is 1. The van der Waals surface area contributed by atoms with Gasteiger partial charge in [-0.3, -0.25) is 10.1 Å². The largest absolute Gasteiger partial charge is 0.457 e. The highest BCUT2D eigenvalue weighted by Gasteiger charge is 2.29. The SMILES string of the molecule is CC(C)(C)OC(=O)C=C(c1ccc(Cl)c([N+](=O)[O-])c1)C1CC1. The first-order valence-electron chi connectivity index (χ1n) is 7.06. The molecule has 118 valence electrons. The second-order valence-corrected chi connectivity index (χ2v) is 6.74. The van der Waals surface area contributed by atoms with E-state index in [1.54, 1.807) is 26.8 Å². The van der Waals surface area contributed by atoms with Crippen molar-refractivity contribution in [3.05, 3.63) is 45.0 Å². The van der Waals surface area contributed by atoms with Crippen LogP contribution in [0.2, 0.25) is 5.02 Å². The minimum absolute atomic E-state index is 0.0844. The summed E-state index contributed by atoms with van der Waals surface area (Å²) in [4.78, 5) is 22.5. The van der Waals surface area contributed by atoms with Crippen molar-refractivity contribution in [3.8, 4) is 0 Å². The molecule has 2 rings (SSSR count). The number of allylic oxidation sites excluding steroid dienone is 1. The summed E-state index contributed by atoms with van der Waals surface area (Å²) in [6, 6.07) is 4.60. The van der Waals surface area contributed by atoms with Crippen molar-refractivity contribution in [1.82, 2.24) is 0 Å². The van der Waals surface area contributed by atoms with E-state index in [-0.39, 0.29) is 16.6 Å². The summed E-state index contributed by atoms with van der Waals surface area (Å²) in [5.41, 5.74) is 0.683. The molecule has 0 heterocycles. The Hall–Kier alpha value is -1.88. The van der Waals surface area contributed by atoms with Crippen molar-refractivity contribution in [1.29, 1.82) is 0 Å². The van der Waals surface area contributed by atoms with E-state index in [0.717, 1.165) is 18.4 Å². The van der Waals surface area contributed by atoms with E-state index in [1.165, 1.54) is 18.2 Å². The molecule has 0 radical (unpaired) electrons. The van der Waals surface area contributed by atoms with Gasteiger partial charge in [-0.2, -0.15) is 0 Å². The fraction of sp³-hybridized carbons (Fsp3) is 0.438. The molecule has 0 unspecified atom stereocenters. The van der Waals surface area contributed by atoms with Crippen LogP contribution in [0.4, 0.5) is 5.69 Å². The summed E-state index contributed by atoms with van der Waals surface area (Å²) >= 11 is 5.83. The predicted octanol–water partition coefficient (Wildman–Crippen LogP) is 4.38. The van der Waals surface area contributed by atoms with Gasteiger partial charge >= 0.3 is 5.97 Å².